The minimum atomic E-state index is -0.242. The van der Waals surface area contributed by atoms with Gasteiger partial charge in [0.05, 0.1) is 0 Å². The molecule has 4 rings (SSSR count). The lowest BCUT2D eigenvalue weighted by Gasteiger charge is -2.28. The third-order valence-electron chi connectivity index (χ3n) is 6.87. The van der Waals surface area contributed by atoms with Crippen molar-refractivity contribution < 1.29 is 8.81 Å². The molecule has 1 saturated carbocycles. The van der Waals surface area contributed by atoms with E-state index in [1.165, 1.54) is 37.7 Å². The molecule has 0 aliphatic heterocycles. The first kappa shape index (κ1) is 20.5. The summed E-state index contributed by atoms with van der Waals surface area (Å²) >= 11 is 5.56. The van der Waals surface area contributed by atoms with Crippen LogP contribution in [0, 0.1) is 16.4 Å². The molecule has 1 aromatic heterocycles. The van der Waals surface area contributed by atoms with Crippen LogP contribution < -0.4 is 0 Å². The Morgan fingerprint density at radius 2 is 1.72 bits per heavy atom. The zero-order valence-electron chi connectivity index (χ0n) is 17.6. The van der Waals surface area contributed by atoms with Gasteiger partial charge in [0.1, 0.15) is 0 Å². The van der Waals surface area contributed by atoms with Gasteiger partial charge in [0.25, 0.3) is 0 Å². The van der Waals surface area contributed by atoms with Crippen LogP contribution in [0.25, 0.3) is 21.7 Å². The van der Waals surface area contributed by atoms with E-state index in [9.17, 15) is 0 Å². The monoisotopic (exact) mass is 410 g/mol. The van der Waals surface area contributed by atoms with Gasteiger partial charge in [-0.25, -0.2) is 4.39 Å². The number of aryl methyl sites for hydroxylation is 1. The van der Waals surface area contributed by atoms with Gasteiger partial charge in [0.15, 0.2) is 16.1 Å². The molecule has 0 bridgehead atoms. The van der Waals surface area contributed by atoms with Crippen LogP contribution in [0.3, 0.4) is 0 Å². The van der Waals surface area contributed by atoms with Crippen LogP contribution >= 0.6 is 12.2 Å². The molecule has 2 aromatic carbocycles. The van der Waals surface area contributed by atoms with Crippen molar-refractivity contribution in [3.05, 3.63) is 52.0 Å². The van der Waals surface area contributed by atoms with E-state index in [-0.39, 0.29) is 5.82 Å². The van der Waals surface area contributed by atoms with Crippen LogP contribution in [0.4, 0.5) is 4.39 Å². The van der Waals surface area contributed by atoms with Crippen molar-refractivity contribution in [3.63, 3.8) is 0 Å². The van der Waals surface area contributed by atoms with E-state index in [0.717, 1.165) is 53.3 Å². The highest BCUT2D eigenvalue weighted by atomic mass is 32.1. The van der Waals surface area contributed by atoms with Gasteiger partial charge < -0.3 is 4.42 Å². The standard InChI is InChI=1S/C26H31FOS/c1-3-5-6-7-19-12-15-22-21-14-13-20(18-10-8-17(4-2)9-11-18)16-23(21)26(29)28-25(22)24(19)27/h12-18H,3-11H2,1-2H3. The average molecular weight is 411 g/mol. The van der Waals surface area contributed by atoms with Gasteiger partial charge in [-0.05, 0) is 85.2 Å². The Balaban J connectivity index is 1.71. The molecule has 3 aromatic rings. The maximum Gasteiger partial charge on any atom is 0.198 e. The molecule has 3 heteroatoms. The van der Waals surface area contributed by atoms with Gasteiger partial charge in [-0.2, -0.15) is 0 Å². The summed E-state index contributed by atoms with van der Waals surface area (Å²) in [6, 6.07) is 10.5. The lowest BCUT2D eigenvalue weighted by molar-refractivity contribution is 0.319. The minimum absolute atomic E-state index is 0.242. The van der Waals surface area contributed by atoms with Crippen LogP contribution in [-0.2, 0) is 6.42 Å². The summed E-state index contributed by atoms with van der Waals surface area (Å²) in [6.45, 7) is 4.46. The lowest BCUT2D eigenvalue weighted by atomic mass is 9.77. The summed E-state index contributed by atoms with van der Waals surface area (Å²) in [6.07, 6.45) is 10.4. The largest absolute Gasteiger partial charge is 0.441 e. The van der Waals surface area contributed by atoms with Crippen LogP contribution in [0.2, 0.25) is 0 Å². The molecule has 154 valence electrons. The highest BCUT2D eigenvalue weighted by Crippen LogP contribution is 2.39. The Kier molecular flexibility index (Phi) is 6.34. The van der Waals surface area contributed by atoms with E-state index in [1.807, 2.05) is 12.1 Å². The van der Waals surface area contributed by atoms with Crippen molar-refractivity contribution in [2.75, 3.05) is 0 Å². The van der Waals surface area contributed by atoms with Gasteiger partial charge in [-0.3, -0.25) is 0 Å². The second-order valence-corrected chi connectivity index (χ2v) is 9.06. The second-order valence-electron chi connectivity index (χ2n) is 8.69. The molecule has 1 aliphatic rings. The fourth-order valence-electron chi connectivity index (χ4n) is 4.94. The summed E-state index contributed by atoms with van der Waals surface area (Å²) in [5, 5.41) is 2.77. The van der Waals surface area contributed by atoms with E-state index in [0.29, 0.717) is 16.2 Å². The predicted octanol–water partition coefficient (Wildman–Crippen LogP) is 8.87. The van der Waals surface area contributed by atoms with E-state index >= 15 is 4.39 Å². The predicted molar refractivity (Wildman–Crippen MR) is 123 cm³/mol. The summed E-state index contributed by atoms with van der Waals surface area (Å²) in [4.78, 5) is 0. The molecule has 0 spiro atoms. The van der Waals surface area contributed by atoms with Crippen LogP contribution in [0.15, 0.2) is 34.7 Å². The maximum atomic E-state index is 15.1. The summed E-state index contributed by atoms with van der Waals surface area (Å²) in [5.74, 6) is 1.24. The first-order chi connectivity index (χ1) is 14.1. The molecule has 1 aliphatic carbocycles. The quantitative estimate of drug-likeness (QED) is 0.229. The SMILES string of the molecule is CCCCCc1ccc2c(oc(=S)c3cc(C4CCC(CC)CC4)ccc32)c1F. The Morgan fingerprint density at radius 3 is 2.45 bits per heavy atom. The molecule has 1 heterocycles. The summed E-state index contributed by atoms with van der Waals surface area (Å²) in [7, 11) is 0. The van der Waals surface area contributed by atoms with E-state index in [4.69, 9.17) is 16.6 Å². The first-order valence-electron chi connectivity index (χ1n) is 11.3. The zero-order valence-corrected chi connectivity index (χ0v) is 18.4. The van der Waals surface area contributed by atoms with Crippen molar-refractivity contribution in [2.45, 2.75) is 77.6 Å². The lowest BCUT2D eigenvalue weighted by Crippen LogP contribution is -2.12. The van der Waals surface area contributed by atoms with Crippen LogP contribution in [0.5, 0.6) is 0 Å². The Bertz CT molecular complexity index is 1060. The summed E-state index contributed by atoms with van der Waals surface area (Å²) in [5.41, 5.74) is 2.39. The molecule has 29 heavy (non-hydrogen) atoms. The van der Waals surface area contributed by atoms with E-state index in [2.05, 4.69) is 32.0 Å². The molecule has 0 saturated heterocycles. The van der Waals surface area contributed by atoms with E-state index in [1.54, 1.807) is 0 Å². The van der Waals surface area contributed by atoms with Crippen LogP contribution in [0.1, 0.15) is 82.3 Å². The topological polar surface area (TPSA) is 13.1 Å². The first-order valence-corrected chi connectivity index (χ1v) is 11.7. The van der Waals surface area contributed by atoms with Crippen molar-refractivity contribution in [1.29, 1.82) is 0 Å². The van der Waals surface area contributed by atoms with Crippen molar-refractivity contribution in [3.8, 4) is 0 Å². The van der Waals surface area contributed by atoms with Crippen LogP contribution in [-0.4, -0.2) is 0 Å². The average Bonchev–Trinajstić information content (AvgIpc) is 2.76. The molecule has 0 unspecified atom stereocenters. The second kappa shape index (κ2) is 8.95. The third-order valence-corrected chi connectivity index (χ3v) is 7.17. The van der Waals surface area contributed by atoms with Gasteiger partial charge in [-0.1, -0.05) is 57.4 Å². The normalized spacial score (nSPS) is 19.8. The van der Waals surface area contributed by atoms with Gasteiger partial charge in [0.2, 0.25) is 0 Å². The van der Waals surface area contributed by atoms with Gasteiger partial charge in [0, 0.05) is 10.8 Å². The zero-order chi connectivity index (χ0) is 20.4. The molecular formula is C26H31FOS. The molecular weight excluding hydrogens is 379 g/mol. The molecule has 0 N–H and O–H groups in total. The fraction of sp³-hybridized carbons (Fsp3) is 0.500. The van der Waals surface area contributed by atoms with Gasteiger partial charge >= 0.3 is 0 Å². The number of fused-ring (bicyclic) bond motifs is 3. The Morgan fingerprint density at radius 1 is 0.966 bits per heavy atom. The maximum absolute atomic E-state index is 15.1. The smallest absolute Gasteiger partial charge is 0.198 e. The molecule has 0 radical (unpaired) electrons. The summed E-state index contributed by atoms with van der Waals surface area (Å²) < 4.78 is 21.4. The molecule has 1 fully saturated rings. The highest BCUT2D eigenvalue weighted by molar-refractivity contribution is 7.71. The minimum Gasteiger partial charge on any atom is -0.441 e. The fourth-order valence-corrected chi connectivity index (χ4v) is 5.19. The number of halogens is 1. The molecule has 0 amide bonds. The number of hydrogen-bond donors (Lipinski definition) is 0. The van der Waals surface area contributed by atoms with Crippen molar-refractivity contribution in [2.24, 2.45) is 5.92 Å². The van der Waals surface area contributed by atoms with Gasteiger partial charge in [-0.15, -0.1) is 0 Å². The number of benzene rings is 2. The highest BCUT2D eigenvalue weighted by Gasteiger charge is 2.22. The number of hydrogen-bond acceptors (Lipinski definition) is 2. The molecule has 0 atom stereocenters. The third kappa shape index (κ3) is 4.12. The molecule has 1 nitrogen and oxygen atoms in total. The van der Waals surface area contributed by atoms with Crippen molar-refractivity contribution >= 4 is 34.0 Å². The Hall–Kier alpha value is -1.74. The van der Waals surface area contributed by atoms with Crippen molar-refractivity contribution in [1.82, 2.24) is 0 Å². The Labute approximate surface area is 178 Å². The number of rotatable bonds is 6. The number of unbranched alkanes of at least 4 members (excludes halogenated alkanes) is 2. The van der Waals surface area contributed by atoms with E-state index < -0.39 is 0 Å².